The van der Waals surface area contributed by atoms with Gasteiger partial charge < -0.3 is 24.6 Å². The second-order valence-electron chi connectivity index (χ2n) is 6.29. The van der Waals surface area contributed by atoms with E-state index in [4.69, 9.17) is 19.7 Å². The third-order valence-corrected chi connectivity index (χ3v) is 5.08. The van der Waals surface area contributed by atoms with Gasteiger partial charge in [0, 0.05) is 19.7 Å². The van der Waals surface area contributed by atoms with E-state index in [2.05, 4.69) is 5.16 Å². The van der Waals surface area contributed by atoms with Crippen molar-refractivity contribution in [2.45, 2.75) is 24.8 Å². The van der Waals surface area contributed by atoms with Gasteiger partial charge in [0.05, 0.1) is 25.3 Å². The number of amides is 1. The van der Waals surface area contributed by atoms with Crippen molar-refractivity contribution in [3.63, 3.8) is 0 Å². The van der Waals surface area contributed by atoms with Crippen molar-refractivity contribution in [3.05, 3.63) is 30.0 Å². The zero-order chi connectivity index (χ0) is 18.0. The molecular formula is C18H23N3O4. The van der Waals surface area contributed by atoms with Gasteiger partial charge in [0.25, 0.3) is 5.91 Å². The third kappa shape index (κ3) is 2.95. The van der Waals surface area contributed by atoms with Crippen molar-refractivity contribution in [1.29, 1.82) is 0 Å². The molecule has 1 saturated carbocycles. The molecule has 1 aliphatic rings. The summed E-state index contributed by atoms with van der Waals surface area (Å²) < 4.78 is 16.0. The van der Waals surface area contributed by atoms with Crippen LogP contribution in [0.15, 0.2) is 28.8 Å². The van der Waals surface area contributed by atoms with Gasteiger partial charge in [0.2, 0.25) is 0 Å². The first-order valence-electron chi connectivity index (χ1n) is 8.22. The molecule has 1 aliphatic carbocycles. The summed E-state index contributed by atoms with van der Waals surface area (Å²) in [6.07, 6.45) is 2.92. The van der Waals surface area contributed by atoms with Crippen LogP contribution in [-0.4, -0.2) is 49.3 Å². The third-order valence-electron chi connectivity index (χ3n) is 5.08. The number of aromatic nitrogens is 1. The summed E-state index contributed by atoms with van der Waals surface area (Å²) in [6.45, 7) is 0.448. The molecule has 1 fully saturated rings. The number of hydrogen-bond acceptors (Lipinski definition) is 6. The number of nitrogens with two attached hydrogens (primary N) is 1. The summed E-state index contributed by atoms with van der Waals surface area (Å²) >= 11 is 0. The molecule has 0 spiro atoms. The normalized spacial score (nSPS) is 15.4. The molecule has 0 saturated heterocycles. The van der Waals surface area contributed by atoms with Crippen LogP contribution in [0.2, 0.25) is 0 Å². The van der Waals surface area contributed by atoms with Crippen molar-refractivity contribution < 1.29 is 18.8 Å². The molecule has 0 aliphatic heterocycles. The Morgan fingerprint density at radius 3 is 2.64 bits per heavy atom. The Morgan fingerprint density at radius 2 is 2.08 bits per heavy atom. The highest BCUT2D eigenvalue weighted by Gasteiger charge is 2.42. The molecule has 1 aromatic carbocycles. The summed E-state index contributed by atoms with van der Waals surface area (Å²) in [5, 5.41) is 3.95. The van der Waals surface area contributed by atoms with Gasteiger partial charge in [-0.15, -0.1) is 0 Å². The van der Waals surface area contributed by atoms with Gasteiger partial charge >= 0.3 is 0 Å². The van der Waals surface area contributed by atoms with E-state index < -0.39 is 0 Å². The Labute approximate surface area is 146 Å². The Balaban J connectivity index is 1.89. The molecule has 0 unspecified atom stereocenters. The number of rotatable bonds is 6. The largest absolute Gasteiger partial charge is 0.497 e. The number of hydrogen-bond donors (Lipinski definition) is 1. The number of carbonyl (C=O) groups is 1. The van der Waals surface area contributed by atoms with E-state index in [1.54, 1.807) is 50.4 Å². The van der Waals surface area contributed by atoms with Crippen LogP contribution in [0.5, 0.6) is 11.5 Å². The number of ether oxygens (including phenoxy) is 2. The van der Waals surface area contributed by atoms with Crippen LogP contribution in [0.1, 0.15) is 29.8 Å². The van der Waals surface area contributed by atoms with Gasteiger partial charge in [-0.05, 0) is 37.5 Å². The summed E-state index contributed by atoms with van der Waals surface area (Å²) in [5.74, 6) is 1.53. The number of carbonyl (C=O) groups excluding carboxylic acids is 1. The van der Waals surface area contributed by atoms with Gasteiger partial charge in [-0.2, -0.15) is 0 Å². The van der Waals surface area contributed by atoms with E-state index in [-0.39, 0.29) is 17.1 Å². The Morgan fingerprint density at radius 1 is 1.32 bits per heavy atom. The first kappa shape index (κ1) is 17.3. The molecular weight excluding hydrogens is 322 g/mol. The first-order valence-corrected chi connectivity index (χ1v) is 8.22. The first-order chi connectivity index (χ1) is 12.0. The second kappa shape index (κ2) is 6.76. The maximum atomic E-state index is 12.8. The van der Waals surface area contributed by atoms with Gasteiger partial charge in [0.1, 0.15) is 11.5 Å². The van der Waals surface area contributed by atoms with Crippen LogP contribution >= 0.6 is 0 Å². The van der Waals surface area contributed by atoms with E-state index in [1.165, 1.54) is 0 Å². The lowest BCUT2D eigenvalue weighted by atomic mass is 9.75. The van der Waals surface area contributed by atoms with E-state index in [1.807, 2.05) is 0 Å². The van der Waals surface area contributed by atoms with E-state index in [0.29, 0.717) is 29.4 Å². The lowest BCUT2D eigenvalue weighted by molar-refractivity contribution is 0.0313. The summed E-state index contributed by atoms with van der Waals surface area (Å²) in [6, 6.07) is 6.98. The summed E-state index contributed by atoms with van der Waals surface area (Å²) in [5.41, 5.74) is 6.55. The SMILES string of the molecule is COc1ccc(OC)c(-c2cc(C(=O)N(C)C3(CN)CCC3)no2)c1. The van der Waals surface area contributed by atoms with Crippen molar-refractivity contribution in [3.8, 4) is 22.8 Å². The van der Waals surface area contributed by atoms with Crippen LogP contribution in [-0.2, 0) is 0 Å². The van der Waals surface area contributed by atoms with E-state index >= 15 is 0 Å². The minimum Gasteiger partial charge on any atom is -0.497 e. The molecule has 25 heavy (non-hydrogen) atoms. The molecule has 3 rings (SSSR count). The molecule has 1 aromatic heterocycles. The maximum Gasteiger partial charge on any atom is 0.276 e. The van der Waals surface area contributed by atoms with Crippen LogP contribution in [0, 0.1) is 0 Å². The lowest BCUT2D eigenvalue weighted by Gasteiger charge is -2.47. The molecule has 7 heteroatoms. The number of likely N-dealkylation sites (N-methyl/N-ethyl adjacent to an activating group) is 1. The highest BCUT2D eigenvalue weighted by Crippen LogP contribution is 2.37. The standard InChI is InChI=1S/C18H23N3O4/c1-21(18(11-19)7-4-8-18)17(22)14-10-16(25-20-14)13-9-12(23-2)5-6-15(13)24-3/h5-6,9-10H,4,7-8,11,19H2,1-3H3. The number of methoxy groups -OCH3 is 2. The summed E-state index contributed by atoms with van der Waals surface area (Å²) in [4.78, 5) is 14.5. The summed E-state index contributed by atoms with van der Waals surface area (Å²) in [7, 11) is 4.93. The fourth-order valence-corrected chi connectivity index (χ4v) is 3.16. The van der Waals surface area contributed by atoms with Crippen molar-refractivity contribution in [2.24, 2.45) is 5.73 Å². The topological polar surface area (TPSA) is 90.8 Å². The minimum atomic E-state index is -0.260. The van der Waals surface area contributed by atoms with Gasteiger partial charge in [0.15, 0.2) is 11.5 Å². The van der Waals surface area contributed by atoms with Gasteiger partial charge in [-0.1, -0.05) is 5.16 Å². The van der Waals surface area contributed by atoms with E-state index in [9.17, 15) is 4.79 Å². The van der Waals surface area contributed by atoms with Gasteiger partial charge in [-0.3, -0.25) is 4.79 Å². The lowest BCUT2D eigenvalue weighted by Crippen LogP contribution is -2.58. The molecule has 134 valence electrons. The molecule has 1 heterocycles. The van der Waals surface area contributed by atoms with Crippen LogP contribution < -0.4 is 15.2 Å². The average Bonchev–Trinajstić information content (AvgIpc) is 3.09. The Hall–Kier alpha value is -2.54. The molecule has 1 amide bonds. The van der Waals surface area contributed by atoms with Crippen LogP contribution in [0.4, 0.5) is 0 Å². The zero-order valence-electron chi connectivity index (χ0n) is 14.7. The van der Waals surface area contributed by atoms with Crippen LogP contribution in [0.25, 0.3) is 11.3 Å². The predicted octanol–water partition coefficient (Wildman–Crippen LogP) is 2.31. The minimum absolute atomic E-state index is 0.193. The smallest absolute Gasteiger partial charge is 0.276 e. The number of nitrogens with zero attached hydrogens (tertiary/aromatic N) is 2. The van der Waals surface area contributed by atoms with Crippen molar-refractivity contribution >= 4 is 5.91 Å². The van der Waals surface area contributed by atoms with Crippen LogP contribution in [0.3, 0.4) is 0 Å². The second-order valence-corrected chi connectivity index (χ2v) is 6.29. The number of benzene rings is 1. The highest BCUT2D eigenvalue weighted by molar-refractivity contribution is 5.93. The Kier molecular flexibility index (Phi) is 4.67. The maximum absolute atomic E-state index is 12.8. The predicted molar refractivity (Wildman–Crippen MR) is 92.8 cm³/mol. The van der Waals surface area contributed by atoms with Crippen molar-refractivity contribution in [2.75, 3.05) is 27.8 Å². The fourth-order valence-electron chi connectivity index (χ4n) is 3.16. The molecule has 7 nitrogen and oxygen atoms in total. The molecule has 0 radical (unpaired) electrons. The van der Waals surface area contributed by atoms with Crippen molar-refractivity contribution in [1.82, 2.24) is 10.1 Å². The molecule has 2 N–H and O–H groups in total. The molecule has 0 bridgehead atoms. The fraction of sp³-hybridized carbons (Fsp3) is 0.444. The highest BCUT2D eigenvalue weighted by atomic mass is 16.5. The monoisotopic (exact) mass is 345 g/mol. The zero-order valence-corrected chi connectivity index (χ0v) is 14.7. The van der Waals surface area contributed by atoms with E-state index in [0.717, 1.165) is 19.3 Å². The van der Waals surface area contributed by atoms with Gasteiger partial charge in [-0.25, -0.2) is 0 Å². The molecule has 0 atom stereocenters. The quantitative estimate of drug-likeness (QED) is 0.864. The Bertz CT molecular complexity index is 762. The molecule has 2 aromatic rings. The average molecular weight is 345 g/mol.